The van der Waals surface area contributed by atoms with E-state index in [0.29, 0.717) is 5.69 Å². The second kappa shape index (κ2) is 5.42. The molecule has 1 amide bonds. The average Bonchev–Trinajstić information content (AvgIpc) is 2.23. The summed E-state index contributed by atoms with van der Waals surface area (Å²) in [4.78, 5) is 17.6. The van der Waals surface area contributed by atoms with Crippen LogP contribution in [0.5, 0.6) is 0 Å². The molecule has 1 fully saturated rings. The third-order valence-electron chi connectivity index (χ3n) is 2.94. The molecule has 0 spiro atoms. The van der Waals surface area contributed by atoms with Crippen LogP contribution < -0.4 is 5.32 Å². The molecule has 2 rings (SSSR count). The monoisotopic (exact) mass is 315 g/mol. The van der Waals surface area contributed by atoms with E-state index in [1.54, 1.807) is 20.8 Å². The molecule has 0 aliphatic carbocycles. The van der Waals surface area contributed by atoms with Crippen LogP contribution in [0.1, 0.15) is 26.5 Å². The minimum Gasteiger partial charge on any atom is -0.444 e. The van der Waals surface area contributed by atoms with Gasteiger partial charge < -0.3 is 4.74 Å². The molecular formula is C14H19ClFN3O2. The summed E-state index contributed by atoms with van der Waals surface area (Å²) in [5, 5.41) is 2.68. The lowest BCUT2D eigenvalue weighted by molar-refractivity contribution is -0.0228. The summed E-state index contributed by atoms with van der Waals surface area (Å²) in [6, 6.07) is 2.95. The fourth-order valence-electron chi connectivity index (χ4n) is 2.19. The summed E-state index contributed by atoms with van der Waals surface area (Å²) in [5.74, 6) is 0. The number of rotatable bonds is 2. The van der Waals surface area contributed by atoms with Crippen LogP contribution in [0.2, 0.25) is 5.15 Å². The zero-order valence-electron chi connectivity index (χ0n) is 12.5. The SMILES string of the molecule is CN1CC(F)(c2cc(NC(=O)OC(C)(C)C)cc(Cl)n2)C1. The maximum absolute atomic E-state index is 14.6. The number of anilines is 1. The first kappa shape index (κ1) is 16.0. The molecule has 1 saturated heterocycles. The maximum Gasteiger partial charge on any atom is 0.412 e. The first-order valence-electron chi connectivity index (χ1n) is 6.63. The molecule has 7 heteroatoms. The highest BCUT2D eigenvalue weighted by molar-refractivity contribution is 6.29. The third-order valence-corrected chi connectivity index (χ3v) is 3.13. The van der Waals surface area contributed by atoms with Gasteiger partial charge in [0.05, 0.1) is 5.69 Å². The number of aromatic nitrogens is 1. The van der Waals surface area contributed by atoms with Gasteiger partial charge in [0.25, 0.3) is 0 Å². The fraction of sp³-hybridized carbons (Fsp3) is 0.571. The number of hydrogen-bond donors (Lipinski definition) is 1. The molecule has 1 aromatic rings. The van der Waals surface area contributed by atoms with E-state index in [0.717, 1.165) is 0 Å². The Labute approximate surface area is 128 Å². The first-order valence-corrected chi connectivity index (χ1v) is 7.01. The van der Waals surface area contributed by atoms with E-state index in [9.17, 15) is 9.18 Å². The van der Waals surface area contributed by atoms with E-state index in [4.69, 9.17) is 16.3 Å². The lowest BCUT2D eigenvalue weighted by Gasteiger charge is -2.41. The quantitative estimate of drug-likeness (QED) is 0.852. The van der Waals surface area contributed by atoms with Gasteiger partial charge in [0, 0.05) is 18.8 Å². The van der Waals surface area contributed by atoms with Crippen molar-refractivity contribution >= 4 is 23.4 Å². The topological polar surface area (TPSA) is 54.5 Å². The van der Waals surface area contributed by atoms with Crippen LogP contribution in [0.25, 0.3) is 0 Å². The van der Waals surface area contributed by atoms with E-state index >= 15 is 0 Å². The number of pyridine rings is 1. The first-order chi connectivity index (χ1) is 9.57. The Kier molecular flexibility index (Phi) is 4.13. The molecule has 116 valence electrons. The number of nitrogens with zero attached hydrogens (tertiary/aromatic N) is 2. The molecule has 0 radical (unpaired) electrons. The Bertz CT molecular complexity index is 554. The van der Waals surface area contributed by atoms with Crippen LogP contribution in [0, 0.1) is 0 Å². The molecule has 0 unspecified atom stereocenters. The number of hydrogen-bond acceptors (Lipinski definition) is 4. The van der Waals surface area contributed by atoms with E-state index in [2.05, 4.69) is 10.3 Å². The van der Waals surface area contributed by atoms with Gasteiger partial charge >= 0.3 is 6.09 Å². The normalized spacial score (nSPS) is 18.0. The maximum atomic E-state index is 14.6. The number of alkyl halides is 1. The Hall–Kier alpha value is -1.40. The summed E-state index contributed by atoms with van der Waals surface area (Å²) in [6.45, 7) is 5.80. The number of amides is 1. The lowest BCUT2D eigenvalue weighted by atomic mass is 9.92. The van der Waals surface area contributed by atoms with Crippen molar-refractivity contribution in [2.45, 2.75) is 32.0 Å². The summed E-state index contributed by atoms with van der Waals surface area (Å²) < 4.78 is 19.7. The highest BCUT2D eigenvalue weighted by atomic mass is 35.5. The number of carbonyl (C=O) groups excluding carboxylic acids is 1. The van der Waals surface area contributed by atoms with Crippen molar-refractivity contribution in [1.29, 1.82) is 0 Å². The van der Waals surface area contributed by atoms with Crippen molar-refractivity contribution < 1.29 is 13.9 Å². The molecule has 1 aromatic heterocycles. The van der Waals surface area contributed by atoms with Crippen LogP contribution >= 0.6 is 11.6 Å². The lowest BCUT2D eigenvalue weighted by Crippen LogP contribution is -2.54. The average molecular weight is 316 g/mol. The van der Waals surface area contributed by atoms with Gasteiger partial charge in [0.15, 0.2) is 5.67 Å². The predicted octanol–water partition coefficient (Wildman–Crippen LogP) is 3.19. The van der Waals surface area contributed by atoms with E-state index in [1.807, 2.05) is 11.9 Å². The summed E-state index contributed by atoms with van der Waals surface area (Å²) in [6.07, 6.45) is -0.616. The van der Waals surface area contributed by atoms with Gasteiger partial charge in [0.2, 0.25) is 0 Å². The van der Waals surface area contributed by atoms with Crippen LogP contribution in [-0.4, -0.2) is 41.7 Å². The van der Waals surface area contributed by atoms with Crippen molar-refractivity contribution in [3.8, 4) is 0 Å². The van der Waals surface area contributed by atoms with Crippen molar-refractivity contribution in [1.82, 2.24) is 9.88 Å². The van der Waals surface area contributed by atoms with Gasteiger partial charge in [-0.15, -0.1) is 0 Å². The molecular weight excluding hydrogens is 297 g/mol. The van der Waals surface area contributed by atoms with Crippen LogP contribution in [-0.2, 0) is 10.4 Å². The highest BCUT2D eigenvalue weighted by Crippen LogP contribution is 2.35. The highest BCUT2D eigenvalue weighted by Gasteiger charge is 2.44. The van der Waals surface area contributed by atoms with E-state index in [1.165, 1.54) is 12.1 Å². The molecule has 1 aliphatic heterocycles. The van der Waals surface area contributed by atoms with Crippen molar-refractivity contribution in [2.75, 3.05) is 25.5 Å². The number of likely N-dealkylation sites (tertiary alicyclic amines) is 1. The molecule has 5 nitrogen and oxygen atoms in total. The summed E-state index contributed by atoms with van der Waals surface area (Å²) in [7, 11) is 1.82. The van der Waals surface area contributed by atoms with Crippen molar-refractivity contribution in [2.24, 2.45) is 0 Å². The van der Waals surface area contributed by atoms with Crippen LogP contribution in [0.15, 0.2) is 12.1 Å². The molecule has 2 heterocycles. The largest absolute Gasteiger partial charge is 0.444 e. The van der Waals surface area contributed by atoms with Crippen LogP contribution in [0.4, 0.5) is 14.9 Å². The van der Waals surface area contributed by atoms with Gasteiger partial charge in [-0.2, -0.15) is 0 Å². The van der Waals surface area contributed by atoms with Gasteiger partial charge in [0.1, 0.15) is 10.8 Å². The Morgan fingerprint density at radius 2 is 2.10 bits per heavy atom. The third kappa shape index (κ3) is 4.04. The van der Waals surface area contributed by atoms with Crippen molar-refractivity contribution in [3.63, 3.8) is 0 Å². The number of carbonyl (C=O) groups is 1. The minimum absolute atomic E-state index is 0.130. The van der Waals surface area contributed by atoms with Crippen molar-refractivity contribution in [3.05, 3.63) is 23.0 Å². The molecule has 21 heavy (non-hydrogen) atoms. The molecule has 0 atom stereocenters. The molecule has 1 N–H and O–H groups in total. The Morgan fingerprint density at radius 3 is 2.62 bits per heavy atom. The second-order valence-corrected chi connectivity index (χ2v) is 6.72. The van der Waals surface area contributed by atoms with Gasteiger partial charge in [-0.05, 0) is 40.0 Å². The Morgan fingerprint density at radius 1 is 1.48 bits per heavy atom. The van der Waals surface area contributed by atoms with Gasteiger partial charge in [-0.25, -0.2) is 14.2 Å². The zero-order valence-corrected chi connectivity index (χ0v) is 13.3. The van der Waals surface area contributed by atoms with E-state index in [-0.39, 0.29) is 23.9 Å². The molecule has 0 bridgehead atoms. The van der Waals surface area contributed by atoms with Gasteiger partial charge in [-0.1, -0.05) is 11.6 Å². The van der Waals surface area contributed by atoms with E-state index < -0.39 is 17.4 Å². The molecule has 0 saturated carbocycles. The predicted molar refractivity (Wildman–Crippen MR) is 79.4 cm³/mol. The number of ether oxygens (including phenoxy) is 1. The second-order valence-electron chi connectivity index (χ2n) is 6.33. The summed E-state index contributed by atoms with van der Waals surface area (Å²) >= 11 is 5.91. The summed E-state index contributed by atoms with van der Waals surface area (Å²) in [5.41, 5.74) is -1.55. The fourth-order valence-corrected chi connectivity index (χ4v) is 2.40. The Balaban J connectivity index is 2.14. The standard InChI is InChI=1S/C14H19ClFN3O2/c1-13(2,3)21-12(20)17-9-5-10(18-11(15)6-9)14(16)7-19(4)8-14/h5-6H,7-8H2,1-4H3,(H,17,18,20). The van der Waals surface area contributed by atoms with Gasteiger partial charge in [-0.3, -0.25) is 10.2 Å². The number of nitrogens with one attached hydrogen (secondary N) is 1. The number of halogens is 2. The molecule has 0 aromatic carbocycles. The minimum atomic E-state index is -1.52. The zero-order chi connectivity index (χ0) is 15.8. The molecule has 1 aliphatic rings. The van der Waals surface area contributed by atoms with Crippen LogP contribution in [0.3, 0.4) is 0 Å². The number of likely N-dealkylation sites (N-methyl/N-ethyl adjacent to an activating group) is 1. The smallest absolute Gasteiger partial charge is 0.412 e.